The van der Waals surface area contributed by atoms with Crippen LogP contribution in [0.4, 0.5) is 0 Å². The fourth-order valence-corrected chi connectivity index (χ4v) is 6.72. The maximum absolute atomic E-state index is 12.0. The van der Waals surface area contributed by atoms with E-state index >= 15 is 0 Å². The molecule has 5 unspecified atom stereocenters. The number of amides is 1. The largest absolute Gasteiger partial charge is 0.356 e. The van der Waals surface area contributed by atoms with Gasteiger partial charge in [0.15, 0.2) is 0 Å². The summed E-state index contributed by atoms with van der Waals surface area (Å²) in [5, 5.41) is 3.17. The maximum atomic E-state index is 12.0. The number of carbonyl (C=O) groups is 1. The highest BCUT2D eigenvalue weighted by Gasteiger charge is 2.55. The Morgan fingerprint density at radius 2 is 2.08 bits per heavy atom. The molecule has 1 aromatic rings. The first-order chi connectivity index (χ1) is 12.5. The molecule has 26 heavy (non-hydrogen) atoms. The monoisotopic (exact) mass is 351 g/mol. The second-order valence-electron chi connectivity index (χ2n) is 9.31. The molecule has 3 aliphatic carbocycles. The van der Waals surface area contributed by atoms with Gasteiger partial charge in [-0.25, -0.2) is 4.98 Å². The number of hydrogen-bond donors (Lipinski definition) is 1. The SMILES string of the molecule is CC12CCC3C(CCC4CNC(=O)CCC43C)C1=CC=C2n1ccnc1. The van der Waals surface area contributed by atoms with E-state index in [1.54, 1.807) is 5.57 Å². The van der Waals surface area contributed by atoms with Gasteiger partial charge in [0.25, 0.3) is 0 Å². The Hall–Kier alpha value is -1.84. The number of nitrogens with zero attached hydrogens (tertiary/aromatic N) is 2. The topological polar surface area (TPSA) is 46.9 Å². The minimum absolute atomic E-state index is 0.143. The zero-order valence-electron chi connectivity index (χ0n) is 15.9. The predicted molar refractivity (Wildman–Crippen MR) is 102 cm³/mol. The van der Waals surface area contributed by atoms with E-state index < -0.39 is 0 Å². The van der Waals surface area contributed by atoms with Crippen LogP contribution in [0.3, 0.4) is 0 Å². The van der Waals surface area contributed by atoms with Gasteiger partial charge in [-0.1, -0.05) is 25.5 Å². The average Bonchev–Trinajstić information content (AvgIpc) is 3.22. The fraction of sp³-hybridized carbons (Fsp3) is 0.636. The van der Waals surface area contributed by atoms with Crippen LogP contribution in [-0.4, -0.2) is 22.0 Å². The van der Waals surface area contributed by atoms with Gasteiger partial charge in [-0.05, 0) is 61.3 Å². The second kappa shape index (κ2) is 5.58. The van der Waals surface area contributed by atoms with Gasteiger partial charge in [0.1, 0.15) is 0 Å². The van der Waals surface area contributed by atoms with Crippen LogP contribution < -0.4 is 5.32 Å². The Labute approximate surface area is 155 Å². The Bertz CT molecular complexity index is 792. The normalized spacial score (nSPS) is 41.9. The second-order valence-corrected chi connectivity index (χ2v) is 9.31. The number of allylic oxidation sites excluding steroid dienone is 4. The minimum Gasteiger partial charge on any atom is -0.356 e. The van der Waals surface area contributed by atoms with Crippen LogP contribution in [0, 0.1) is 28.6 Å². The molecule has 0 spiro atoms. The molecule has 2 saturated carbocycles. The molecule has 0 radical (unpaired) electrons. The van der Waals surface area contributed by atoms with Crippen molar-refractivity contribution in [3.63, 3.8) is 0 Å². The van der Waals surface area contributed by atoms with Gasteiger partial charge in [-0.15, -0.1) is 0 Å². The van der Waals surface area contributed by atoms with E-state index in [2.05, 4.69) is 47.1 Å². The lowest BCUT2D eigenvalue weighted by atomic mass is 9.48. The number of carbonyl (C=O) groups excluding carboxylic acids is 1. The molecule has 1 N–H and O–H groups in total. The molecule has 5 atom stereocenters. The van der Waals surface area contributed by atoms with Crippen LogP contribution in [0.25, 0.3) is 5.70 Å². The zero-order chi connectivity index (χ0) is 17.9. The van der Waals surface area contributed by atoms with Gasteiger partial charge in [-0.3, -0.25) is 4.79 Å². The third-order valence-electron chi connectivity index (χ3n) is 8.29. The van der Waals surface area contributed by atoms with Crippen molar-refractivity contribution in [2.75, 3.05) is 6.54 Å². The van der Waals surface area contributed by atoms with E-state index in [-0.39, 0.29) is 11.3 Å². The van der Waals surface area contributed by atoms with E-state index in [0.29, 0.717) is 29.6 Å². The van der Waals surface area contributed by atoms with Crippen molar-refractivity contribution in [2.45, 2.75) is 52.4 Å². The minimum atomic E-state index is 0.143. The number of aromatic nitrogens is 2. The molecule has 5 rings (SSSR count). The third kappa shape index (κ3) is 2.14. The van der Waals surface area contributed by atoms with E-state index in [1.807, 2.05) is 12.5 Å². The highest BCUT2D eigenvalue weighted by molar-refractivity contribution is 5.76. The van der Waals surface area contributed by atoms with Crippen molar-refractivity contribution in [1.29, 1.82) is 0 Å². The molecule has 0 aromatic carbocycles. The first-order valence-electron chi connectivity index (χ1n) is 10.2. The van der Waals surface area contributed by atoms with Crippen LogP contribution in [0.15, 0.2) is 36.4 Å². The summed E-state index contributed by atoms with van der Waals surface area (Å²) < 4.78 is 2.20. The Morgan fingerprint density at radius 3 is 2.88 bits per heavy atom. The van der Waals surface area contributed by atoms with Crippen LogP contribution in [0.2, 0.25) is 0 Å². The molecule has 1 aromatic heterocycles. The summed E-state index contributed by atoms with van der Waals surface area (Å²) in [6.07, 6.45) is 17.3. The maximum Gasteiger partial charge on any atom is 0.220 e. The van der Waals surface area contributed by atoms with Gasteiger partial charge in [0.2, 0.25) is 5.91 Å². The Balaban J connectivity index is 1.47. The molecule has 4 heteroatoms. The Kier molecular flexibility index (Phi) is 3.51. The molecule has 3 fully saturated rings. The van der Waals surface area contributed by atoms with Crippen LogP contribution in [0.1, 0.15) is 52.4 Å². The highest BCUT2D eigenvalue weighted by Crippen LogP contribution is 2.64. The highest BCUT2D eigenvalue weighted by atomic mass is 16.1. The zero-order valence-corrected chi connectivity index (χ0v) is 15.9. The number of hydrogen-bond acceptors (Lipinski definition) is 2. The van der Waals surface area contributed by atoms with Gasteiger partial charge < -0.3 is 9.88 Å². The van der Waals surface area contributed by atoms with Crippen molar-refractivity contribution < 1.29 is 4.79 Å². The molecule has 4 nitrogen and oxygen atoms in total. The van der Waals surface area contributed by atoms with E-state index in [1.165, 1.54) is 31.4 Å². The summed E-state index contributed by atoms with van der Waals surface area (Å²) in [6, 6.07) is 0. The summed E-state index contributed by atoms with van der Waals surface area (Å²) in [5.41, 5.74) is 3.46. The average molecular weight is 351 g/mol. The summed E-state index contributed by atoms with van der Waals surface area (Å²) in [4.78, 5) is 16.3. The first kappa shape index (κ1) is 16.3. The van der Waals surface area contributed by atoms with E-state index in [0.717, 1.165) is 13.0 Å². The summed E-state index contributed by atoms with van der Waals surface area (Å²) in [7, 11) is 0. The third-order valence-corrected chi connectivity index (χ3v) is 8.29. The van der Waals surface area contributed by atoms with Crippen molar-refractivity contribution >= 4 is 11.6 Å². The molecule has 138 valence electrons. The number of nitrogens with one attached hydrogen (secondary N) is 1. The van der Waals surface area contributed by atoms with Gasteiger partial charge in [0, 0.05) is 36.5 Å². The van der Waals surface area contributed by atoms with Crippen molar-refractivity contribution in [1.82, 2.24) is 14.9 Å². The smallest absolute Gasteiger partial charge is 0.220 e. The number of imidazole rings is 1. The standard InChI is InChI=1S/C22H29N3O/c1-21-10-8-20(26)24-13-15(21)3-4-16-17-5-6-19(25-12-11-23-14-25)22(17,2)9-7-18(16)21/h5-6,11-12,14-16,18H,3-4,7-10,13H2,1-2H3,(H,24,26). The van der Waals surface area contributed by atoms with Gasteiger partial charge in [-0.2, -0.15) is 0 Å². The predicted octanol–water partition coefficient (Wildman–Crippen LogP) is 4.02. The molecule has 1 amide bonds. The van der Waals surface area contributed by atoms with Crippen LogP contribution >= 0.6 is 0 Å². The molecular formula is C22H29N3O. The molecule has 0 bridgehead atoms. The lowest BCUT2D eigenvalue weighted by Crippen LogP contribution is -2.50. The van der Waals surface area contributed by atoms with Gasteiger partial charge >= 0.3 is 0 Å². The summed E-state index contributed by atoms with van der Waals surface area (Å²) >= 11 is 0. The molecule has 2 heterocycles. The summed E-state index contributed by atoms with van der Waals surface area (Å²) in [5.74, 6) is 2.27. The lowest BCUT2D eigenvalue weighted by molar-refractivity contribution is -0.121. The quantitative estimate of drug-likeness (QED) is 0.830. The molecule has 1 aliphatic heterocycles. The van der Waals surface area contributed by atoms with Crippen molar-refractivity contribution in [3.8, 4) is 0 Å². The van der Waals surface area contributed by atoms with Gasteiger partial charge in [0.05, 0.1) is 6.33 Å². The van der Waals surface area contributed by atoms with E-state index in [4.69, 9.17) is 0 Å². The lowest BCUT2D eigenvalue weighted by Gasteiger charge is -2.56. The molecule has 4 aliphatic rings. The number of rotatable bonds is 1. The number of fused-ring (bicyclic) bond motifs is 5. The molecule has 1 saturated heterocycles. The van der Waals surface area contributed by atoms with E-state index in [9.17, 15) is 4.79 Å². The Morgan fingerprint density at radius 1 is 1.19 bits per heavy atom. The first-order valence-corrected chi connectivity index (χ1v) is 10.2. The molecular weight excluding hydrogens is 322 g/mol. The van der Waals surface area contributed by atoms with Crippen LogP contribution in [0.5, 0.6) is 0 Å². The summed E-state index contributed by atoms with van der Waals surface area (Å²) in [6.45, 7) is 5.80. The van der Waals surface area contributed by atoms with Crippen molar-refractivity contribution in [2.24, 2.45) is 28.6 Å². The van der Waals surface area contributed by atoms with Crippen LogP contribution in [-0.2, 0) is 4.79 Å². The van der Waals surface area contributed by atoms with Crippen molar-refractivity contribution in [3.05, 3.63) is 36.4 Å². The fourth-order valence-electron chi connectivity index (χ4n) is 6.72.